The lowest BCUT2D eigenvalue weighted by Crippen LogP contribution is -2.34. The number of hydrogen-bond donors (Lipinski definition) is 3. The van der Waals surface area contributed by atoms with Gasteiger partial charge in [0.1, 0.15) is 11.4 Å². The summed E-state index contributed by atoms with van der Waals surface area (Å²) >= 11 is 0. The minimum atomic E-state index is -0.588. The van der Waals surface area contributed by atoms with Crippen molar-refractivity contribution in [1.29, 1.82) is 0 Å². The first-order chi connectivity index (χ1) is 15.2. The summed E-state index contributed by atoms with van der Waals surface area (Å²) in [6, 6.07) is 14.1. The van der Waals surface area contributed by atoms with Gasteiger partial charge in [0.25, 0.3) is 5.91 Å². The highest BCUT2D eigenvalue weighted by atomic mass is 16.6. The lowest BCUT2D eigenvalue weighted by Gasteiger charge is -2.19. The van der Waals surface area contributed by atoms with Gasteiger partial charge in [0.05, 0.1) is 6.61 Å². The summed E-state index contributed by atoms with van der Waals surface area (Å²) in [5.74, 6) is 0.279. The first-order valence-corrected chi connectivity index (χ1v) is 10.5. The monoisotopic (exact) mass is 441 g/mol. The van der Waals surface area contributed by atoms with Gasteiger partial charge in [-0.2, -0.15) is 0 Å². The van der Waals surface area contributed by atoms with Gasteiger partial charge in [-0.3, -0.25) is 9.59 Å². The lowest BCUT2D eigenvalue weighted by atomic mass is 10.1. The van der Waals surface area contributed by atoms with Crippen molar-refractivity contribution in [3.8, 4) is 5.75 Å². The number of alkyl carbamates (subject to hydrolysis) is 1. The molecular weight excluding hydrogens is 410 g/mol. The molecule has 0 atom stereocenters. The van der Waals surface area contributed by atoms with Gasteiger partial charge in [0, 0.05) is 30.8 Å². The van der Waals surface area contributed by atoms with E-state index in [1.165, 1.54) is 0 Å². The smallest absolute Gasteiger partial charge is 0.407 e. The van der Waals surface area contributed by atoms with E-state index in [0.717, 1.165) is 5.56 Å². The summed E-state index contributed by atoms with van der Waals surface area (Å²) in [6.45, 7) is 8.26. The normalized spacial score (nSPS) is 10.8. The fourth-order valence-corrected chi connectivity index (χ4v) is 2.73. The van der Waals surface area contributed by atoms with E-state index in [9.17, 15) is 14.4 Å². The molecular formula is C24H31N3O5. The molecule has 3 N–H and O–H groups in total. The summed E-state index contributed by atoms with van der Waals surface area (Å²) in [5, 5.41) is 8.19. The molecule has 0 bridgehead atoms. The van der Waals surface area contributed by atoms with Crippen LogP contribution < -0.4 is 20.7 Å². The Morgan fingerprint density at radius 2 is 1.69 bits per heavy atom. The second-order valence-corrected chi connectivity index (χ2v) is 8.07. The Kier molecular flexibility index (Phi) is 9.07. The molecule has 0 aliphatic heterocycles. The van der Waals surface area contributed by atoms with Crippen molar-refractivity contribution >= 4 is 23.6 Å². The van der Waals surface area contributed by atoms with Crippen LogP contribution in [0.25, 0.3) is 0 Å². The molecule has 0 aliphatic rings. The van der Waals surface area contributed by atoms with Crippen molar-refractivity contribution in [2.75, 3.05) is 18.5 Å². The molecule has 2 rings (SSSR count). The molecule has 0 spiro atoms. The summed E-state index contributed by atoms with van der Waals surface area (Å²) in [6.07, 6.45) is -0.451. The van der Waals surface area contributed by atoms with Crippen molar-refractivity contribution in [3.05, 3.63) is 59.7 Å². The van der Waals surface area contributed by atoms with E-state index < -0.39 is 11.7 Å². The topological polar surface area (TPSA) is 106 Å². The first-order valence-electron chi connectivity index (χ1n) is 10.5. The maximum absolute atomic E-state index is 12.3. The highest BCUT2D eigenvalue weighted by Crippen LogP contribution is 2.14. The Bertz CT molecular complexity index is 920. The van der Waals surface area contributed by atoms with E-state index in [0.29, 0.717) is 30.2 Å². The number of carbonyl (C=O) groups is 3. The largest absolute Gasteiger partial charge is 0.494 e. The van der Waals surface area contributed by atoms with Gasteiger partial charge in [0.2, 0.25) is 5.91 Å². The minimum absolute atomic E-state index is 0.109. The quantitative estimate of drug-likeness (QED) is 0.548. The fourth-order valence-electron chi connectivity index (χ4n) is 2.73. The number of amides is 3. The molecule has 0 heterocycles. The molecule has 0 radical (unpaired) electrons. The van der Waals surface area contributed by atoms with Crippen molar-refractivity contribution in [1.82, 2.24) is 10.6 Å². The standard InChI is InChI=1S/C24H31N3O5/c1-5-31-20-11-9-18(10-12-20)22(29)26-16-17-7-6-8-19(15-17)27-21(28)13-14-25-23(30)32-24(2,3)4/h6-12,15H,5,13-14,16H2,1-4H3,(H,25,30)(H,26,29)(H,27,28). The molecule has 2 aromatic rings. The Morgan fingerprint density at radius 1 is 0.969 bits per heavy atom. The van der Waals surface area contributed by atoms with Gasteiger partial charge in [-0.05, 0) is 69.7 Å². The third kappa shape index (κ3) is 9.07. The molecule has 32 heavy (non-hydrogen) atoms. The van der Waals surface area contributed by atoms with E-state index >= 15 is 0 Å². The highest BCUT2D eigenvalue weighted by Gasteiger charge is 2.16. The zero-order valence-corrected chi connectivity index (χ0v) is 19.0. The van der Waals surface area contributed by atoms with Crippen LogP contribution in [0.3, 0.4) is 0 Å². The van der Waals surface area contributed by atoms with E-state index in [1.807, 2.05) is 13.0 Å². The zero-order valence-electron chi connectivity index (χ0n) is 19.0. The van der Waals surface area contributed by atoms with Crippen LogP contribution in [-0.4, -0.2) is 36.7 Å². The second kappa shape index (κ2) is 11.7. The van der Waals surface area contributed by atoms with E-state index in [2.05, 4.69) is 16.0 Å². The zero-order chi connectivity index (χ0) is 23.6. The number of hydrogen-bond acceptors (Lipinski definition) is 5. The van der Waals surface area contributed by atoms with Gasteiger partial charge >= 0.3 is 6.09 Å². The van der Waals surface area contributed by atoms with Crippen LogP contribution in [0.1, 0.15) is 50.0 Å². The molecule has 2 aromatic carbocycles. The Labute approximate surface area is 188 Å². The summed E-state index contributed by atoms with van der Waals surface area (Å²) in [7, 11) is 0. The Hall–Kier alpha value is -3.55. The molecule has 8 nitrogen and oxygen atoms in total. The summed E-state index contributed by atoms with van der Waals surface area (Å²) in [4.78, 5) is 36.1. The van der Waals surface area contributed by atoms with Crippen LogP contribution in [0.2, 0.25) is 0 Å². The second-order valence-electron chi connectivity index (χ2n) is 8.07. The highest BCUT2D eigenvalue weighted by molar-refractivity contribution is 5.94. The van der Waals surface area contributed by atoms with Crippen molar-refractivity contribution in [3.63, 3.8) is 0 Å². The number of anilines is 1. The number of nitrogens with one attached hydrogen (secondary N) is 3. The van der Waals surface area contributed by atoms with Gasteiger partial charge in [-0.1, -0.05) is 12.1 Å². The number of benzene rings is 2. The number of rotatable bonds is 9. The van der Waals surface area contributed by atoms with Crippen LogP contribution in [-0.2, 0) is 16.1 Å². The molecule has 0 aromatic heterocycles. The Morgan fingerprint density at radius 3 is 2.34 bits per heavy atom. The molecule has 3 amide bonds. The van der Waals surface area contributed by atoms with Crippen molar-refractivity contribution in [2.45, 2.75) is 46.3 Å². The molecule has 0 saturated carbocycles. The van der Waals surface area contributed by atoms with Crippen LogP contribution in [0.4, 0.5) is 10.5 Å². The van der Waals surface area contributed by atoms with Gasteiger partial charge < -0.3 is 25.4 Å². The fraction of sp³-hybridized carbons (Fsp3) is 0.375. The minimum Gasteiger partial charge on any atom is -0.494 e. The predicted molar refractivity (Wildman–Crippen MR) is 123 cm³/mol. The van der Waals surface area contributed by atoms with E-state index in [4.69, 9.17) is 9.47 Å². The van der Waals surface area contributed by atoms with E-state index in [-0.39, 0.29) is 24.8 Å². The maximum Gasteiger partial charge on any atom is 0.407 e. The van der Waals surface area contributed by atoms with Crippen LogP contribution in [0.5, 0.6) is 5.75 Å². The van der Waals surface area contributed by atoms with Crippen LogP contribution >= 0.6 is 0 Å². The van der Waals surface area contributed by atoms with Gasteiger partial charge in [0.15, 0.2) is 0 Å². The van der Waals surface area contributed by atoms with Crippen LogP contribution in [0, 0.1) is 0 Å². The van der Waals surface area contributed by atoms with Gasteiger partial charge in [-0.15, -0.1) is 0 Å². The van der Waals surface area contributed by atoms with Crippen LogP contribution in [0.15, 0.2) is 48.5 Å². The molecule has 0 saturated heterocycles. The van der Waals surface area contributed by atoms with Gasteiger partial charge in [-0.25, -0.2) is 4.79 Å². The average Bonchev–Trinajstić information content (AvgIpc) is 2.72. The van der Waals surface area contributed by atoms with Crippen molar-refractivity contribution < 1.29 is 23.9 Å². The number of ether oxygens (including phenoxy) is 2. The lowest BCUT2D eigenvalue weighted by molar-refractivity contribution is -0.116. The molecule has 172 valence electrons. The predicted octanol–water partition coefficient (Wildman–Crippen LogP) is 3.87. The average molecular weight is 442 g/mol. The molecule has 8 heteroatoms. The Balaban J connectivity index is 1.79. The van der Waals surface area contributed by atoms with Crippen molar-refractivity contribution in [2.24, 2.45) is 0 Å². The third-order valence-electron chi connectivity index (χ3n) is 4.11. The van der Waals surface area contributed by atoms with E-state index in [1.54, 1.807) is 63.2 Å². The SMILES string of the molecule is CCOc1ccc(C(=O)NCc2cccc(NC(=O)CCNC(=O)OC(C)(C)C)c2)cc1. The maximum atomic E-state index is 12.3. The number of carbonyl (C=O) groups excluding carboxylic acids is 3. The third-order valence-corrected chi connectivity index (χ3v) is 4.11. The molecule has 0 unspecified atom stereocenters. The summed E-state index contributed by atoms with van der Waals surface area (Å²) < 4.78 is 10.5. The summed E-state index contributed by atoms with van der Waals surface area (Å²) in [5.41, 5.74) is 1.40. The first kappa shape index (κ1) is 24.7. The molecule has 0 fully saturated rings. The molecule has 0 aliphatic carbocycles.